The molecule has 0 heterocycles. The summed E-state index contributed by atoms with van der Waals surface area (Å²) in [6.45, 7) is 2.09. The highest BCUT2D eigenvalue weighted by Gasteiger charge is 2.41. The molecule has 0 radical (unpaired) electrons. The second-order valence-corrected chi connectivity index (χ2v) is 6.37. The number of carboxylic acid groups (broad SMARTS) is 1. The second kappa shape index (κ2) is 5.84. The third-order valence-electron chi connectivity index (χ3n) is 3.88. The van der Waals surface area contributed by atoms with Gasteiger partial charge in [-0.15, -0.1) is 0 Å². The molecule has 2 rings (SSSR count). The van der Waals surface area contributed by atoms with Crippen molar-refractivity contribution >= 4 is 27.6 Å². The molecule has 1 aromatic carbocycles. The van der Waals surface area contributed by atoms with Crippen LogP contribution in [0.5, 0.6) is 0 Å². The number of benzene rings is 1. The Labute approximate surface area is 126 Å². The first-order valence-corrected chi connectivity index (χ1v) is 7.47. The van der Waals surface area contributed by atoms with E-state index in [2.05, 4.69) is 34.2 Å². The van der Waals surface area contributed by atoms with Gasteiger partial charge in [0.05, 0.1) is 5.56 Å². The lowest BCUT2D eigenvalue weighted by molar-refractivity contribution is -0.144. The van der Waals surface area contributed by atoms with E-state index < -0.39 is 11.5 Å². The zero-order chi connectivity index (χ0) is 14.8. The number of hydrogen-bond acceptors (Lipinski definition) is 3. The van der Waals surface area contributed by atoms with Crippen LogP contribution in [-0.2, 0) is 4.79 Å². The van der Waals surface area contributed by atoms with E-state index in [0.717, 1.165) is 18.5 Å². The molecule has 4 nitrogen and oxygen atoms in total. The number of nitrogens with one attached hydrogen (secondary N) is 1. The molecule has 0 saturated heterocycles. The Morgan fingerprint density at radius 1 is 1.60 bits per heavy atom. The number of carboxylic acids is 1. The predicted molar refractivity (Wildman–Crippen MR) is 80.5 cm³/mol. The summed E-state index contributed by atoms with van der Waals surface area (Å²) < 4.78 is 0.675. The van der Waals surface area contributed by atoms with E-state index in [1.54, 1.807) is 18.2 Å². The summed E-state index contributed by atoms with van der Waals surface area (Å²) in [6.07, 6.45) is 3.25. The van der Waals surface area contributed by atoms with Crippen LogP contribution in [0.15, 0.2) is 22.7 Å². The van der Waals surface area contributed by atoms with Gasteiger partial charge in [0.15, 0.2) is 0 Å². The topological polar surface area (TPSA) is 73.1 Å². The highest BCUT2D eigenvalue weighted by atomic mass is 79.9. The maximum Gasteiger partial charge on any atom is 0.329 e. The average molecular weight is 337 g/mol. The summed E-state index contributed by atoms with van der Waals surface area (Å²) in [4.78, 5) is 11.7. The molecule has 0 spiro atoms. The van der Waals surface area contributed by atoms with Crippen molar-refractivity contribution < 1.29 is 9.90 Å². The number of nitriles is 1. The van der Waals surface area contributed by atoms with Crippen LogP contribution in [0.25, 0.3) is 0 Å². The normalized spacial score (nSPS) is 25.8. The first-order chi connectivity index (χ1) is 9.47. The smallest absolute Gasteiger partial charge is 0.329 e. The summed E-state index contributed by atoms with van der Waals surface area (Å²) in [6, 6.07) is 7.29. The number of carbonyl (C=O) groups is 1. The molecule has 0 amide bonds. The Balaban J connectivity index is 2.27. The van der Waals surface area contributed by atoms with E-state index in [-0.39, 0.29) is 0 Å². The Hall–Kier alpha value is -1.54. The molecule has 1 fully saturated rings. The molecule has 2 atom stereocenters. The highest BCUT2D eigenvalue weighted by Crippen LogP contribution is 2.36. The number of halogens is 1. The fourth-order valence-electron chi connectivity index (χ4n) is 2.87. The summed E-state index contributed by atoms with van der Waals surface area (Å²) in [5.74, 6) is -0.404. The Bertz CT molecular complexity index is 567. The summed E-state index contributed by atoms with van der Waals surface area (Å²) >= 11 is 3.33. The largest absolute Gasteiger partial charge is 0.480 e. The molecule has 1 aliphatic carbocycles. The molecular formula is C15H17BrN2O2. The van der Waals surface area contributed by atoms with Crippen LogP contribution in [-0.4, -0.2) is 16.6 Å². The third-order valence-corrected chi connectivity index (χ3v) is 4.54. The van der Waals surface area contributed by atoms with Crippen LogP contribution in [0.3, 0.4) is 0 Å². The molecule has 1 aromatic rings. The molecule has 20 heavy (non-hydrogen) atoms. The molecule has 0 bridgehead atoms. The van der Waals surface area contributed by atoms with Crippen LogP contribution in [0.4, 0.5) is 5.69 Å². The van der Waals surface area contributed by atoms with E-state index >= 15 is 0 Å². The number of anilines is 1. The van der Waals surface area contributed by atoms with Gasteiger partial charge in [0.2, 0.25) is 0 Å². The second-order valence-electron chi connectivity index (χ2n) is 5.52. The molecular weight excluding hydrogens is 320 g/mol. The van der Waals surface area contributed by atoms with Crippen molar-refractivity contribution in [3.63, 3.8) is 0 Å². The first-order valence-electron chi connectivity index (χ1n) is 6.68. The van der Waals surface area contributed by atoms with Crippen molar-refractivity contribution in [3.05, 3.63) is 28.2 Å². The summed E-state index contributed by atoms with van der Waals surface area (Å²) in [5, 5.41) is 21.7. The lowest BCUT2D eigenvalue weighted by Crippen LogP contribution is -2.49. The van der Waals surface area contributed by atoms with Crippen LogP contribution in [0.1, 0.15) is 38.2 Å². The van der Waals surface area contributed by atoms with Gasteiger partial charge in [0.25, 0.3) is 0 Å². The maximum absolute atomic E-state index is 11.7. The minimum atomic E-state index is -0.898. The zero-order valence-corrected chi connectivity index (χ0v) is 12.9. The van der Waals surface area contributed by atoms with Crippen molar-refractivity contribution in [2.24, 2.45) is 5.92 Å². The molecule has 2 unspecified atom stereocenters. The molecule has 1 saturated carbocycles. The van der Waals surface area contributed by atoms with E-state index in [4.69, 9.17) is 5.26 Å². The number of hydrogen-bond donors (Lipinski definition) is 2. The van der Waals surface area contributed by atoms with Gasteiger partial charge in [-0.25, -0.2) is 4.79 Å². The molecule has 106 valence electrons. The van der Waals surface area contributed by atoms with Gasteiger partial charge in [-0.2, -0.15) is 5.26 Å². The quantitative estimate of drug-likeness (QED) is 0.881. The minimum Gasteiger partial charge on any atom is -0.480 e. The minimum absolute atomic E-state index is 0.397. The fraction of sp³-hybridized carbons (Fsp3) is 0.467. The predicted octanol–water partition coefficient (Wildman–Crippen LogP) is 3.77. The van der Waals surface area contributed by atoms with Crippen molar-refractivity contribution in [2.45, 2.75) is 38.1 Å². The van der Waals surface area contributed by atoms with Crippen LogP contribution in [0.2, 0.25) is 0 Å². The van der Waals surface area contributed by atoms with E-state index in [1.165, 1.54) is 0 Å². The zero-order valence-electron chi connectivity index (χ0n) is 11.3. The molecule has 5 heteroatoms. The molecule has 2 N–H and O–H groups in total. The number of aliphatic carboxylic acids is 1. The van der Waals surface area contributed by atoms with Crippen molar-refractivity contribution in [3.8, 4) is 6.07 Å². The average Bonchev–Trinajstić information content (AvgIpc) is 2.38. The van der Waals surface area contributed by atoms with Gasteiger partial charge >= 0.3 is 5.97 Å². The lowest BCUT2D eigenvalue weighted by atomic mass is 9.76. The fourth-order valence-corrected chi connectivity index (χ4v) is 3.34. The Morgan fingerprint density at radius 2 is 2.35 bits per heavy atom. The SMILES string of the molecule is CC1CCCC(Nc2ccc(C#N)c(Br)c2)(C(=O)O)C1. The maximum atomic E-state index is 11.7. The molecule has 1 aliphatic rings. The van der Waals surface area contributed by atoms with Gasteiger partial charge in [0.1, 0.15) is 11.6 Å². The van der Waals surface area contributed by atoms with Crippen LogP contribution in [0, 0.1) is 17.2 Å². The standard InChI is InChI=1S/C15H17BrN2O2/c1-10-3-2-6-15(8-10,14(19)20)18-12-5-4-11(9-17)13(16)7-12/h4-5,7,10,18H,2-3,6,8H2,1H3,(H,19,20). The van der Waals surface area contributed by atoms with Crippen LogP contribution >= 0.6 is 15.9 Å². The van der Waals surface area contributed by atoms with E-state index in [0.29, 0.717) is 28.8 Å². The van der Waals surface area contributed by atoms with E-state index in [1.807, 2.05) is 0 Å². The van der Waals surface area contributed by atoms with Crippen LogP contribution < -0.4 is 5.32 Å². The first kappa shape index (κ1) is 14.9. The summed E-state index contributed by atoms with van der Waals surface area (Å²) in [5.41, 5.74) is 0.370. The molecule has 0 aromatic heterocycles. The van der Waals surface area contributed by atoms with Crippen molar-refractivity contribution in [2.75, 3.05) is 5.32 Å². The molecule has 0 aliphatic heterocycles. The third kappa shape index (κ3) is 2.96. The lowest BCUT2D eigenvalue weighted by Gasteiger charge is -2.38. The van der Waals surface area contributed by atoms with Gasteiger partial charge < -0.3 is 10.4 Å². The van der Waals surface area contributed by atoms with Crippen molar-refractivity contribution in [1.82, 2.24) is 0 Å². The monoisotopic (exact) mass is 336 g/mol. The number of rotatable bonds is 3. The Kier molecular flexibility index (Phi) is 4.34. The van der Waals surface area contributed by atoms with Gasteiger partial charge in [-0.05, 0) is 52.9 Å². The van der Waals surface area contributed by atoms with Gasteiger partial charge in [-0.1, -0.05) is 19.8 Å². The van der Waals surface area contributed by atoms with E-state index in [9.17, 15) is 9.90 Å². The highest BCUT2D eigenvalue weighted by molar-refractivity contribution is 9.10. The Morgan fingerprint density at radius 3 is 2.90 bits per heavy atom. The summed E-state index contributed by atoms with van der Waals surface area (Å²) in [7, 11) is 0. The van der Waals surface area contributed by atoms with Gasteiger partial charge in [-0.3, -0.25) is 0 Å². The van der Waals surface area contributed by atoms with Gasteiger partial charge in [0, 0.05) is 10.2 Å². The number of nitrogens with zero attached hydrogens (tertiary/aromatic N) is 1. The van der Waals surface area contributed by atoms with Crippen molar-refractivity contribution in [1.29, 1.82) is 5.26 Å².